The van der Waals surface area contributed by atoms with Crippen molar-refractivity contribution in [3.8, 4) is 5.75 Å². The van der Waals surface area contributed by atoms with Crippen LogP contribution in [0, 0.1) is 19.3 Å². The molecule has 0 saturated heterocycles. The van der Waals surface area contributed by atoms with Crippen LogP contribution in [0.1, 0.15) is 79.1 Å². The van der Waals surface area contributed by atoms with Gasteiger partial charge in [-0.25, -0.2) is 0 Å². The maximum absolute atomic E-state index is 12.6. The standard InChI is InChI=1S/C28H40N2O2/c1-6-7-8-11-15-30-16-14-22-20(2)17-21(3)24(26(22)30)18-28(4,5)19-29-27(32)23-12-9-10-13-25(23)31/h9-10,12-13,17,31H,6-8,11,14-16,18-19H2,1-5H3,(H,29,32). The number of aromatic hydroxyl groups is 1. The van der Waals surface area contributed by atoms with Crippen molar-refractivity contribution >= 4 is 11.6 Å². The van der Waals surface area contributed by atoms with Crippen molar-refractivity contribution < 1.29 is 9.90 Å². The fraction of sp³-hybridized carbons (Fsp3) is 0.536. The molecule has 0 radical (unpaired) electrons. The number of nitrogens with zero attached hydrogens (tertiary/aromatic N) is 1. The number of hydrogen-bond acceptors (Lipinski definition) is 3. The average molecular weight is 437 g/mol. The second-order valence-corrected chi connectivity index (χ2v) is 10.2. The van der Waals surface area contributed by atoms with Crippen LogP contribution in [0.4, 0.5) is 5.69 Å². The lowest BCUT2D eigenvalue weighted by Crippen LogP contribution is -2.36. The van der Waals surface area contributed by atoms with Crippen LogP contribution in [0.3, 0.4) is 0 Å². The molecule has 1 amide bonds. The molecule has 0 aromatic heterocycles. The number of phenolic OH excluding ortho intramolecular Hbond substituents is 1. The number of anilines is 1. The van der Waals surface area contributed by atoms with Gasteiger partial charge in [0.05, 0.1) is 5.56 Å². The second kappa shape index (κ2) is 10.4. The molecule has 1 aliphatic heterocycles. The summed E-state index contributed by atoms with van der Waals surface area (Å²) in [6.45, 7) is 14.0. The van der Waals surface area contributed by atoms with Crippen LogP contribution in [0.25, 0.3) is 0 Å². The van der Waals surface area contributed by atoms with E-state index >= 15 is 0 Å². The van der Waals surface area contributed by atoms with Crippen LogP contribution in [0.15, 0.2) is 30.3 Å². The first-order chi connectivity index (χ1) is 15.2. The number of benzene rings is 2. The van der Waals surface area contributed by atoms with E-state index in [9.17, 15) is 9.90 Å². The van der Waals surface area contributed by atoms with Crippen molar-refractivity contribution in [2.24, 2.45) is 5.41 Å². The number of phenols is 1. The van der Waals surface area contributed by atoms with Gasteiger partial charge in [0.15, 0.2) is 0 Å². The number of rotatable bonds is 10. The molecule has 0 unspecified atom stereocenters. The van der Waals surface area contributed by atoms with Gasteiger partial charge in [-0.2, -0.15) is 0 Å². The van der Waals surface area contributed by atoms with E-state index in [1.165, 1.54) is 53.6 Å². The van der Waals surface area contributed by atoms with E-state index < -0.39 is 0 Å². The summed E-state index contributed by atoms with van der Waals surface area (Å²) in [5.41, 5.74) is 7.37. The molecule has 3 rings (SSSR count). The average Bonchev–Trinajstić information content (AvgIpc) is 3.17. The first kappa shape index (κ1) is 24.2. The molecular formula is C28H40N2O2. The third kappa shape index (κ3) is 5.65. The van der Waals surface area contributed by atoms with E-state index in [-0.39, 0.29) is 17.1 Å². The van der Waals surface area contributed by atoms with Crippen LogP contribution in [0.2, 0.25) is 0 Å². The minimum absolute atomic E-state index is 0.0220. The lowest BCUT2D eigenvalue weighted by Gasteiger charge is -2.30. The van der Waals surface area contributed by atoms with Gasteiger partial charge in [-0.15, -0.1) is 0 Å². The Labute approximate surface area is 194 Å². The molecule has 174 valence electrons. The van der Waals surface area contributed by atoms with Crippen molar-refractivity contribution in [3.05, 3.63) is 58.1 Å². The molecule has 0 bridgehead atoms. The highest BCUT2D eigenvalue weighted by Crippen LogP contribution is 2.39. The topological polar surface area (TPSA) is 52.6 Å². The summed E-state index contributed by atoms with van der Waals surface area (Å²) < 4.78 is 0. The van der Waals surface area contributed by atoms with E-state index in [1.807, 2.05) is 0 Å². The number of hydrogen-bond donors (Lipinski definition) is 2. The van der Waals surface area contributed by atoms with Gasteiger partial charge in [0, 0.05) is 25.3 Å². The third-order valence-corrected chi connectivity index (χ3v) is 6.72. The molecule has 2 aromatic carbocycles. The highest BCUT2D eigenvalue weighted by Gasteiger charge is 2.29. The first-order valence-electron chi connectivity index (χ1n) is 12.2. The predicted molar refractivity (Wildman–Crippen MR) is 134 cm³/mol. The summed E-state index contributed by atoms with van der Waals surface area (Å²) >= 11 is 0. The molecule has 1 heterocycles. The summed E-state index contributed by atoms with van der Waals surface area (Å²) in [4.78, 5) is 15.2. The Kier molecular flexibility index (Phi) is 7.86. The lowest BCUT2D eigenvalue weighted by atomic mass is 9.82. The monoisotopic (exact) mass is 436 g/mol. The van der Waals surface area contributed by atoms with Gasteiger partial charge in [0.1, 0.15) is 5.75 Å². The van der Waals surface area contributed by atoms with Crippen molar-refractivity contribution in [1.82, 2.24) is 5.32 Å². The molecule has 0 atom stereocenters. The molecule has 4 nitrogen and oxygen atoms in total. The second-order valence-electron chi connectivity index (χ2n) is 10.2. The minimum atomic E-state index is -0.223. The summed E-state index contributed by atoms with van der Waals surface area (Å²) in [6.07, 6.45) is 7.16. The molecule has 1 aliphatic rings. The Morgan fingerprint density at radius 2 is 1.88 bits per heavy atom. The van der Waals surface area contributed by atoms with Crippen LogP contribution in [-0.2, 0) is 12.8 Å². The number of unbranched alkanes of at least 4 members (excludes halogenated alkanes) is 3. The number of para-hydroxylation sites is 1. The van der Waals surface area contributed by atoms with E-state index in [4.69, 9.17) is 0 Å². The molecule has 4 heteroatoms. The van der Waals surface area contributed by atoms with Gasteiger partial charge in [-0.3, -0.25) is 4.79 Å². The maximum atomic E-state index is 12.6. The molecule has 0 spiro atoms. The van der Waals surface area contributed by atoms with Crippen LogP contribution >= 0.6 is 0 Å². The Bertz CT molecular complexity index is 949. The number of carbonyl (C=O) groups excluding carboxylic acids is 1. The van der Waals surface area contributed by atoms with Gasteiger partial charge in [-0.1, -0.05) is 58.2 Å². The van der Waals surface area contributed by atoms with Crippen LogP contribution in [0.5, 0.6) is 5.75 Å². The summed E-state index contributed by atoms with van der Waals surface area (Å²) in [5.74, 6) is -0.201. The van der Waals surface area contributed by atoms with E-state index in [1.54, 1.807) is 24.3 Å². The normalized spacial score (nSPS) is 13.3. The summed E-state index contributed by atoms with van der Waals surface area (Å²) in [6, 6.07) is 9.04. The van der Waals surface area contributed by atoms with Crippen molar-refractivity contribution in [2.45, 2.75) is 73.1 Å². The maximum Gasteiger partial charge on any atom is 0.255 e. The fourth-order valence-corrected chi connectivity index (χ4v) is 4.91. The van der Waals surface area contributed by atoms with Gasteiger partial charge < -0.3 is 15.3 Å². The van der Waals surface area contributed by atoms with Gasteiger partial charge in [0.2, 0.25) is 0 Å². The Morgan fingerprint density at radius 1 is 1.12 bits per heavy atom. The highest BCUT2D eigenvalue weighted by molar-refractivity contribution is 5.96. The molecular weight excluding hydrogens is 396 g/mol. The van der Waals surface area contributed by atoms with Gasteiger partial charge in [0.25, 0.3) is 5.91 Å². The molecule has 0 saturated carbocycles. The van der Waals surface area contributed by atoms with Crippen molar-refractivity contribution in [2.75, 3.05) is 24.5 Å². The van der Waals surface area contributed by atoms with Gasteiger partial charge >= 0.3 is 0 Å². The van der Waals surface area contributed by atoms with E-state index in [2.05, 4.69) is 50.9 Å². The number of fused-ring (bicyclic) bond motifs is 1. The zero-order valence-electron chi connectivity index (χ0n) is 20.6. The number of carbonyl (C=O) groups is 1. The number of nitrogens with one attached hydrogen (secondary N) is 1. The van der Waals surface area contributed by atoms with Crippen molar-refractivity contribution in [1.29, 1.82) is 0 Å². The molecule has 0 fully saturated rings. The SMILES string of the molecule is CCCCCCN1CCc2c(C)cc(C)c(CC(C)(C)CNC(=O)c3ccccc3O)c21. The molecule has 32 heavy (non-hydrogen) atoms. The zero-order chi connectivity index (χ0) is 23.3. The summed E-state index contributed by atoms with van der Waals surface area (Å²) in [7, 11) is 0. The quantitative estimate of drug-likeness (QED) is 0.453. The van der Waals surface area contributed by atoms with Gasteiger partial charge in [-0.05, 0) is 72.9 Å². The zero-order valence-corrected chi connectivity index (χ0v) is 20.6. The van der Waals surface area contributed by atoms with Crippen LogP contribution < -0.4 is 10.2 Å². The molecule has 2 aromatic rings. The fourth-order valence-electron chi connectivity index (χ4n) is 4.91. The first-order valence-corrected chi connectivity index (χ1v) is 12.2. The predicted octanol–water partition coefficient (Wildman–Crippen LogP) is 5.95. The Morgan fingerprint density at radius 3 is 2.59 bits per heavy atom. The Balaban J connectivity index is 1.75. The van der Waals surface area contributed by atoms with E-state index in [0.717, 1.165) is 25.9 Å². The summed E-state index contributed by atoms with van der Waals surface area (Å²) in [5, 5.41) is 13.0. The van der Waals surface area contributed by atoms with Crippen molar-refractivity contribution in [3.63, 3.8) is 0 Å². The molecule has 0 aliphatic carbocycles. The highest BCUT2D eigenvalue weighted by atomic mass is 16.3. The largest absolute Gasteiger partial charge is 0.507 e. The Hall–Kier alpha value is -2.49. The lowest BCUT2D eigenvalue weighted by molar-refractivity contribution is 0.0933. The third-order valence-electron chi connectivity index (χ3n) is 6.72. The smallest absolute Gasteiger partial charge is 0.255 e. The molecule has 2 N–H and O–H groups in total. The number of amides is 1. The van der Waals surface area contributed by atoms with Crippen LogP contribution in [-0.4, -0.2) is 30.6 Å². The number of aryl methyl sites for hydroxylation is 2. The minimum Gasteiger partial charge on any atom is -0.507 e. The van der Waals surface area contributed by atoms with E-state index in [0.29, 0.717) is 12.1 Å².